The van der Waals surface area contributed by atoms with E-state index in [0.717, 1.165) is 18.4 Å². The third kappa shape index (κ3) is 7.04. The van der Waals surface area contributed by atoms with Crippen LogP contribution in [0.15, 0.2) is 35.9 Å². The summed E-state index contributed by atoms with van der Waals surface area (Å²) in [5.41, 5.74) is 1.44. The van der Waals surface area contributed by atoms with Crippen molar-refractivity contribution in [3.63, 3.8) is 0 Å². The predicted octanol–water partition coefficient (Wildman–Crippen LogP) is 5.13. The molecule has 2 saturated heterocycles. The van der Waals surface area contributed by atoms with Crippen molar-refractivity contribution in [1.82, 2.24) is 0 Å². The summed E-state index contributed by atoms with van der Waals surface area (Å²) in [6, 6.07) is 5.51. The molecule has 0 aromatic heterocycles. The van der Waals surface area contributed by atoms with Crippen molar-refractivity contribution in [2.24, 2.45) is 5.92 Å². The van der Waals surface area contributed by atoms with Crippen molar-refractivity contribution in [3.8, 4) is 11.5 Å². The lowest BCUT2D eigenvalue weighted by Gasteiger charge is -2.42. The molecule has 1 saturated carbocycles. The number of allylic oxidation sites excluding steroid dienone is 1. The molecule has 0 amide bonds. The van der Waals surface area contributed by atoms with Crippen LogP contribution in [0.3, 0.4) is 0 Å². The Bertz CT molecular complexity index is 1050. The highest BCUT2D eigenvalue weighted by atomic mass is 16.6. The molecular formula is C31H44O8. The first kappa shape index (κ1) is 29.6. The fraction of sp³-hybridized carbons (Fsp3) is 0.645. The molecule has 3 aliphatic rings. The molecule has 8 heteroatoms. The Kier molecular flexibility index (Phi) is 9.42. The van der Waals surface area contributed by atoms with Gasteiger partial charge in [-0.1, -0.05) is 17.7 Å². The molecule has 3 fully saturated rings. The van der Waals surface area contributed by atoms with Gasteiger partial charge in [-0.3, -0.25) is 0 Å². The van der Waals surface area contributed by atoms with Gasteiger partial charge < -0.3 is 33.2 Å². The summed E-state index contributed by atoms with van der Waals surface area (Å²) in [7, 11) is 3.27. The number of epoxide rings is 2. The predicted molar refractivity (Wildman–Crippen MR) is 148 cm³/mol. The van der Waals surface area contributed by atoms with E-state index in [0.29, 0.717) is 37.7 Å². The van der Waals surface area contributed by atoms with Gasteiger partial charge >= 0.3 is 5.97 Å². The number of rotatable bonds is 13. The zero-order valence-electron chi connectivity index (χ0n) is 24.4. The fourth-order valence-corrected chi connectivity index (χ4v) is 5.77. The molecule has 0 N–H and O–H groups in total. The van der Waals surface area contributed by atoms with E-state index >= 15 is 0 Å². The first-order valence-corrected chi connectivity index (χ1v) is 13.9. The van der Waals surface area contributed by atoms with Crippen LogP contribution in [-0.2, 0) is 28.5 Å². The molecule has 1 unspecified atom stereocenters. The van der Waals surface area contributed by atoms with E-state index in [1.54, 1.807) is 20.3 Å². The number of ether oxygens (including phenoxy) is 7. The minimum Gasteiger partial charge on any atom is -0.493 e. The van der Waals surface area contributed by atoms with E-state index in [1.165, 1.54) is 11.6 Å². The number of hydrogen-bond acceptors (Lipinski definition) is 8. The smallest absolute Gasteiger partial charge is 0.331 e. The molecule has 1 aliphatic carbocycles. The van der Waals surface area contributed by atoms with Gasteiger partial charge in [-0.2, -0.15) is 0 Å². The van der Waals surface area contributed by atoms with Crippen LogP contribution < -0.4 is 9.47 Å². The minimum absolute atomic E-state index is 0.0120. The third-order valence-corrected chi connectivity index (χ3v) is 7.90. The molecule has 1 spiro atoms. The number of benzene rings is 1. The summed E-state index contributed by atoms with van der Waals surface area (Å²) < 4.78 is 41.0. The van der Waals surface area contributed by atoms with Gasteiger partial charge in [-0.15, -0.1) is 0 Å². The quantitative estimate of drug-likeness (QED) is 0.111. The molecule has 1 aromatic carbocycles. The lowest BCUT2D eigenvalue weighted by molar-refractivity contribution is -0.166. The molecule has 0 bridgehead atoms. The van der Waals surface area contributed by atoms with Crippen molar-refractivity contribution in [3.05, 3.63) is 41.5 Å². The van der Waals surface area contributed by atoms with Gasteiger partial charge in [0.25, 0.3) is 0 Å². The van der Waals surface area contributed by atoms with E-state index in [-0.39, 0.29) is 41.5 Å². The highest BCUT2D eigenvalue weighted by Crippen LogP contribution is 2.59. The Hall–Kier alpha value is -2.39. The Labute approximate surface area is 232 Å². The average molecular weight is 545 g/mol. The largest absolute Gasteiger partial charge is 0.493 e. The first-order chi connectivity index (χ1) is 18.6. The van der Waals surface area contributed by atoms with Gasteiger partial charge in [0.1, 0.15) is 30.0 Å². The Morgan fingerprint density at radius 1 is 1.18 bits per heavy atom. The third-order valence-electron chi connectivity index (χ3n) is 7.90. The van der Waals surface area contributed by atoms with Crippen LogP contribution in [-0.4, -0.2) is 75.6 Å². The van der Waals surface area contributed by atoms with Crippen molar-refractivity contribution in [2.45, 2.75) is 89.5 Å². The van der Waals surface area contributed by atoms with Gasteiger partial charge in [-0.05, 0) is 77.7 Å². The van der Waals surface area contributed by atoms with Crippen LogP contribution in [0.25, 0.3) is 6.08 Å². The number of hydrogen-bond donors (Lipinski definition) is 0. The summed E-state index contributed by atoms with van der Waals surface area (Å²) in [5.74, 6) is 0.775. The monoisotopic (exact) mass is 544 g/mol. The maximum absolute atomic E-state index is 12.9. The highest BCUT2D eigenvalue weighted by Gasteiger charge is 2.72. The van der Waals surface area contributed by atoms with Crippen molar-refractivity contribution >= 4 is 12.0 Å². The SMILES string of the molecule is COc1ccc(/C=C/C(=O)O[C@@H]2CC[C@]3(CO3)C([C@]3(C)O[C@H]3CC=C(C)C)[C@@H]2OC)cc1OCCOC(C)C. The molecule has 6 atom stereocenters. The second-order valence-electron chi connectivity index (χ2n) is 11.4. The zero-order valence-corrected chi connectivity index (χ0v) is 24.4. The second-order valence-corrected chi connectivity index (χ2v) is 11.4. The van der Waals surface area contributed by atoms with Crippen LogP contribution in [0.1, 0.15) is 59.4 Å². The molecule has 2 heterocycles. The summed E-state index contributed by atoms with van der Waals surface area (Å²) in [6.45, 7) is 11.8. The fourth-order valence-electron chi connectivity index (χ4n) is 5.77. The van der Waals surface area contributed by atoms with Crippen LogP contribution in [0.4, 0.5) is 0 Å². The number of carbonyl (C=O) groups excluding carboxylic acids is 1. The molecule has 0 radical (unpaired) electrons. The van der Waals surface area contributed by atoms with E-state index < -0.39 is 5.97 Å². The van der Waals surface area contributed by atoms with Crippen LogP contribution in [0, 0.1) is 5.92 Å². The maximum atomic E-state index is 12.9. The lowest BCUT2D eigenvalue weighted by Crippen LogP contribution is -2.55. The van der Waals surface area contributed by atoms with Gasteiger partial charge in [-0.25, -0.2) is 4.79 Å². The molecule has 39 heavy (non-hydrogen) atoms. The van der Waals surface area contributed by atoms with Gasteiger partial charge in [0.2, 0.25) is 0 Å². The van der Waals surface area contributed by atoms with E-state index in [4.69, 9.17) is 33.2 Å². The molecule has 4 rings (SSSR count). The first-order valence-electron chi connectivity index (χ1n) is 13.9. The number of methoxy groups -OCH3 is 2. The molecular weight excluding hydrogens is 500 g/mol. The van der Waals surface area contributed by atoms with E-state index in [2.05, 4.69) is 26.8 Å². The maximum Gasteiger partial charge on any atom is 0.331 e. The second kappa shape index (κ2) is 12.4. The Morgan fingerprint density at radius 3 is 2.59 bits per heavy atom. The summed E-state index contributed by atoms with van der Waals surface area (Å²) in [5, 5.41) is 0. The standard InChI is InChI=1S/C31H44O8/c1-20(2)8-12-26-30(5,39-26)29-28(34-7)24(14-15-31(29)19-37-31)38-27(32)13-10-22-9-11-23(33-6)25(18-22)36-17-16-35-21(3)4/h8-11,13,18,21,24,26,28-29H,12,14-17,19H2,1-7H3/b13-10+/t24-,26+,28-,29?,30-,31+/m1/s1. The lowest BCUT2D eigenvalue weighted by atomic mass is 9.68. The highest BCUT2D eigenvalue weighted by molar-refractivity contribution is 5.87. The summed E-state index contributed by atoms with van der Waals surface area (Å²) in [4.78, 5) is 12.9. The number of esters is 1. The van der Waals surface area contributed by atoms with E-state index in [1.807, 2.05) is 32.0 Å². The zero-order chi connectivity index (χ0) is 28.2. The average Bonchev–Trinajstić information content (AvgIpc) is 3.82. The summed E-state index contributed by atoms with van der Waals surface area (Å²) >= 11 is 0. The molecule has 8 nitrogen and oxygen atoms in total. The molecule has 2 aliphatic heterocycles. The van der Waals surface area contributed by atoms with Crippen molar-refractivity contribution in [2.75, 3.05) is 34.0 Å². The van der Waals surface area contributed by atoms with Crippen molar-refractivity contribution in [1.29, 1.82) is 0 Å². The Morgan fingerprint density at radius 2 is 1.95 bits per heavy atom. The topological polar surface area (TPSA) is 88.3 Å². The number of carbonyl (C=O) groups is 1. The van der Waals surface area contributed by atoms with Gasteiger partial charge in [0, 0.05) is 13.2 Å². The van der Waals surface area contributed by atoms with Gasteiger partial charge in [0.15, 0.2) is 11.5 Å². The van der Waals surface area contributed by atoms with Crippen LogP contribution >= 0.6 is 0 Å². The molecule has 1 aromatic rings. The van der Waals surface area contributed by atoms with Crippen LogP contribution in [0.5, 0.6) is 11.5 Å². The molecule has 216 valence electrons. The minimum atomic E-state index is -0.417. The summed E-state index contributed by atoms with van der Waals surface area (Å²) in [6.07, 6.45) is 7.27. The Balaban J connectivity index is 1.39. The van der Waals surface area contributed by atoms with Gasteiger partial charge in [0.05, 0.1) is 38.4 Å². The normalized spacial score (nSPS) is 31.4. The van der Waals surface area contributed by atoms with Crippen molar-refractivity contribution < 1.29 is 38.0 Å². The van der Waals surface area contributed by atoms with Crippen LogP contribution in [0.2, 0.25) is 0 Å². The van der Waals surface area contributed by atoms with E-state index in [9.17, 15) is 4.79 Å².